The standard InChI is InChI=1S/C22H18ClFO2/c1-26-18-12-8-16(9-13-18)20(15-6-10-17(23)11-7-15)14-22(25)19-4-2-3-5-21(19)24/h2-13,20H,14H2,1H3. The lowest BCUT2D eigenvalue weighted by atomic mass is 9.85. The van der Waals surface area contributed by atoms with Crippen LogP contribution in [-0.4, -0.2) is 12.9 Å². The average molecular weight is 369 g/mol. The number of benzene rings is 3. The van der Waals surface area contributed by atoms with Crippen molar-refractivity contribution in [2.45, 2.75) is 12.3 Å². The van der Waals surface area contributed by atoms with E-state index >= 15 is 0 Å². The third-order valence-electron chi connectivity index (χ3n) is 4.35. The minimum atomic E-state index is -0.498. The van der Waals surface area contributed by atoms with E-state index in [1.165, 1.54) is 12.1 Å². The van der Waals surface area contributed by atoms with Gasteiger partial charge in [0, 0.05) is 17.4 Å². The fourth-order valence-corrected chi connectivity index (χ4v) is 3.07. The summed E-state index contributed by atoms with van der Waals surface area (Å²) in [6.07, 6.45) is 0.162. The van der Waals surface area contributed by atoms with Crippen LogP contribution >= 0.6 is 11.6 Å². The summed E-state index contributed by atoms with van der Waals surface area (Å²) in [5.41, 5.74) is 2.02. The molecule has 0 heterocycles. The Morgan fingerprint density at radius 1 is 0.962 bits per heavy atom. The van der Waals surface area contributed by atoms with Crippen LogP contribution in [0.2, 0.25) is 5.02 Å². The summed E-state index contributed by atoms with van der Waals surface area (Å²) in [5.74, 6) is -0.199. The van der Waals surface area contributed by atoms with E-state index in [9.17, 15) is 9.18 Å². The second-order valence-corrected chi connectivity index (χ2v) is 6.42. The number of hydrogen-bond donors (Lipinski definition) is 0. The summed E-state index contributed by atoms with van der Waals surface area (Å²) in [6, 6.07) is 21.0. The maximum Gasteiger partial charge on any atom is 0.166 e. The van der Waals surface area contributed by atoms with Gasteiger partial charge in [-0.2, -0.15) is 0 Å². The van der Waals surface area contributed by atoms with Crippen LogP contribution < -0.4 is 4.74 Å². The minimum Gasteiger partial charge on any atom is -0.497 e. The summed E-state index contributed by atoms with van der Waals surface area (Å²) >= 11 is 5.99. The molecule has 26 heavy (non-hydrogen) atoms. The zero-order valence-electron chi connectivity index (χ0n) is 14.3. The quantitative estimate of drug-likeness (QED) is 0.507. The van der Waals surface area contributed by atoms with Gasteiger partial charge < -0.3 is 4.74 Å². The molecule has 1 unspecified atom stereocenters. The summed E-state index contributed by atoms with van der Waals surface area (Å²) in [4.78, 5) is 12.7. The molecule has 0 bridgehead atoms. The van der Waals surface area contributed by atoms with Gasteiger partial charge in [-0.1, -0.05) is 48.0 Å². The lowest BCUT2D eigenvalue weighted by molar-refractivity contribution is 0.0973. The average Bonchev–Trinajstić information content (AvgIpc) is 2.67. The van der Waals surface area contributed by atoms with Crippen LogP contribution in [0.4, 0.5) is 4.39 Å². The number of halogens is 2. The molecule has 3 aromatic carbocycles. The normalized spacial score (nSPS) is 11.8. The Morgan fingerprint density at radius 3 is 2.12 bits per heavy atom. The number of ketones is 1. The number of carbonyl (C=O) groups excluding carboxylic acids is 1. The van der Waals surface area contributed by atoms with Crippen molar-refractivity contribution in [3.8, 4) is 5.75 Å². The first-order valence-electron chi connectivity index (χ1n) is 8.25. The van der Waals surface area contributed by atoms with E-state index in [0.29, 0.717) is 5.02 Å². The molecule has 0 saturated heterocycles. The van der Waals surface area contributed by atoms with Gasteiger partial charge in [0.2, 0.25) is 0 Å². The zero-order valence-corrected chi connectivity index (χ0v) is 15.0. The van der Waals surface area contributed by atoms with Crippen LogP contribution in [0.25, 0.3) is 0 Å². The Labute approximate surface area is 157 Å². The molecule has 3 rings (SSSR count). The van der Waals surface area contributed by atoms with Gasteiger partial charge in [0.1, 0.15) is 11.6 Å². The second-order valence-electron chi connectivity index (χ2n) is 5.98. The SMILES string of the molecule is COc1ccc(C(CC(=O)c2ccccc2F)c2ccc(Cl)cc2)cc1. The molecule has 2 nitrogen and oxygen atoms in total. The Kier molecular flexibility index (Phi) is 5.69. The Bertz CT molecular complexity index is 889. The Balaban J connectivity index is 1.95. The van der Waals surface area contributed by atoms with Crippen LogP contribution in [0.3, 0.4) is 0 Å². The van der Waals surface area contributed by atoms with Gasteiger partial charge in [-0.05, 0) is 47.5 Å². The molecule has 132 valence electrons. The number of carbonyl (C=O) groups is 1. The van der Waals surface area contributed by atoms with Gasteiger partial charge in [0.25, 0.3) is 0 Å². The van der Waals surface area contributed by atoms with Gasteiger partial charge >= 0.3 is 0 Å². The van der Waals surface area contributed by atoms with Gasteiger partial charge in [0.15, 0.2) is 5.78 Å². The van der Waals surface area contributed by atoms with Crippen molar-refractivity contribution < 1.29 is 13.9 Å². The topological polar surface area (TPSA) is 26.3 Å². The van der Waals surface area contributed by atoms with Crippen molar-refractivity contribution in [3.63, 3.8) is 0 Å². The number of Topliss-reactive ketones (excluding diaryl/α,β-unsaturated/α-hetero) is 1. The number of ether oxygens (including phenoxy) is 1. The van der Waals surface area contributed by atoms with Crippen molar-refractivity contribution in [2.75, 3.05) is 7.11 Å². The minimum absolute atomic E-state index is 0.111. The molecule has 0 aliphatic carbocycles. The summed E-state index contributed by atoms with van der Waals surface area (Å²) < 4.78 is 19.2. The van der Waals surface area contributed by atoms with Crippen molar-refractivity contribution in [1.29, 1.82) is 0 Å². The molecular formula is C22H18ClFO2. The smallest absolute Gasteiger partial charge is 0.166 e. The zero-order chi connectivity index (χ0) is 18.5. The van der Waals surface area contributed by atoms with Crippen LogP contribution in [0.1, 0.15) is 33.8 Å². The number of hydrogen-bond acceptors (Lipinski definition) is 2. The number of rotatable bonds is 6. The lowest BCUT2D eigenvalue weighted by Gasteiger charge is -2.18. The maximum atomic E-state index is 14.0. The predicted molar refractivity (Wildman–Crippen MR) is 102 cm³/mol. The van der Waals surface area contributed by atoms with E-state index in [1.807, 2.05) is 36.4 Å². The molecule has 0 N–H and O–H groups in total. The Hall–Kier alpha value is -2.65. The second kappa shape index (κ2) is 8.15. The third-order valence-corrected chi connectivity index (χ3v) is 4.61. The third kappa shape index (κ3) is 4.12. The predicted octanol–water partition coefficient (Wildman–Crippen LogP) is 5.89. The van der Waals surface area contributed by atoms with Crippen LogP contribution in [0, 0.1) is 5.82 Å². The molecule has 0 fully saturated rings. The van der Waals surface area contributed by atoms with Gasteiger partial charge in [0.05, 0.1) is 12.7 Å². The molecule has 0 aromatic heterocycles. The van der Waals surface area contributed by atoms with E-state index in [4.69, 9.17) is 16.3 Å². The first kappa shape index (κ1) is 18.2. The van der Waals surface area contributed by atoms with E-state index in [-0.39, 0.29) is 23.7 Å². The van der Waals surface area contributed by atoms with Crippen LogP contribution in [0.15, 0.2) is 72.8 Å². The monoisotopic (exact) mass is 368 g/mol. The van der Waals surface area contributed by atoms with E-state index in [0.717, 1.165) is 16.9 Å². The first-order valence-corrected chi connectivity index (χ1v) is 8.63. The molecule has 1 atom stereocenters. The fraction of sp³-hybridized carbons (Fsp3) is 0.136. The van der Waals surface area contributed by atoms with E-state index < -0.39 is 5.82 Å². The van der Waals surface area contributed by atoms with Crippen molar-refractivity contribution in [1.82, 2.24) is 0 Å². The molecule has 0 aliphatic rings. The molecule has 3 aromatic rings. The molecular weight excluding hydrogens is 351 g/mol. The highest BCUT2D eigenvalue weighted by Gasteiger charge is 2.21. The summed E-state index contributed by atoms with van der Waals surface area (Å²) in [7, 11) is 1.60. The van der Waals surface area contributed by atoms with Crippen LogP contribution in [-0.2, 0) is 0 Å². The highest BCUT2D eigenvalue weighted by Crippen LogP contribution is 2.31. The van der Waals surface area contributed by atoms with E-state index in [1.54, 1.807) is 31.4 Å². The Morgan fingerprint density at radius 2 is 1.54 bits per heavy atom. The molecule has 0 amide bonds. The lowest BCUT2D eigenvalue weighted by Crippen LogP contribution is -2.10. The molecule has 0 saturated carbocycles. The van der Waals surface area contributed by atoms with E-state index in [2.05, 4.69) is 0 Å². The van der Waals surface area contributed by atoms with Crippen molar-refractivity contribution in [3.05, 3.63) is 100 Å². The summed E-state index contributed by atoms with van der Waals surface area (Å²) in [6.45, 7) is 0. The van der Waals surface area contributed by atoms with Gasteiger partial charge in [-0.15, -0.1) is 0 Å². The highest BCUT2D eigenvalue weighted by atomic mass is 35.5. The molecule has 0 radical (unpaired) electrons. The van der Waals surface area contributed by atoms with Gasteiger partial charge in [-0.25, -0.2) is 4.39 Å². The summed E-state index contributed by atoms with van der Waals surface area (Å²) in [5, 5.41) is 0.627. The maximum absolute atomic E-state index is 14.0. The fourth-order valence-electron chi connectivity index (χ4n) is 2.94. The molecule has 4 heteroatoms. The largest absolute Gasteiger partial charge is 0.497 e. The van der Waals surface area contributed by atoms with Crippen LogP contribution in [0.5, 0.6) is 5.75 Å². The first-order chi connectivity index (χ1) is 12.6. The molecule has 0 spiro atoms. The van der Waals surface area contributed by atoms with Crippen molar-refractivity contribution >= 4 is 17.4 Å². The highest BCUT2D eigenvalue weighted by molar-refractivity contribution is 6.30. The van der Waals surface area contributed by atoms with Gasteiger partial charge in [-0.3, -0.25) is 4.79 Å². The van der Waals surface area contributed by atoms with Crippen molar-refractivity contribution in [2.24, 2.45) is 0 Å². The number of methoxy groups -OCH3 is 1. The molecule has 0 aliphatic heterocycles.